The van der Waals surface area contributed by atoms with Crippen LogP contribution in [0.1, 0.15) is 32.3 Å². The van der Waals surface area contributed by atoms with Gasteiger partial charge < -0.3 is 10.2 Å². The molecule has 0 atom stereocenters. The average molecular weight is 301 g/mol. The summed E-state index contributed by atoms with van der Waals surface area (Å²) in [6.07, 6.45) is 1.39. The highest BCUT2D eigenvalue weighted by molar-refractivity contribution is 6.07. The first-order valence-corrected chi connectivity index (χ1v) is 7.94. The van der Waals surface area contributed by atoms with Gasteiger partial charge in [0.05, 0.1) is 6.54 Å². The van der Waals surface area contributed by atoms with E-state index in [1.165, 1.54) is 4.90 Å². The summed E-state index contributed by atoms with van der Waals surface area (Å²) in [7, 11) is 0. The molecule has 118 valence electrons. The van der Waals surface area contributed by atoms with Crippen molar-refractivity contribution in [2.24, 2.45) is 0 Å². The Bertz CT molecular complexity index is 563. The highest BCUT2D eigenvalue weighted by Crippen LogP contribution is 2.30. The maximum absolute atomic E-state index is 12.8. The average Bonchev–Trinajstić information content (AvgIpc) is 2.73. The lowest BCUT2D eigenvalue weighted by molar-refractivity contribution is -0.133. The van der Waals surface area contributed by atoms with E-state index in [1.54, 1.807) is 0 Å². The van der Waals surface area contributed by atoms with Crippen LogP contribution in [0.25, 0.3) is 0 Å². The van der Waals surface area contributed by atoms with E-state index >= 15 is 0 Å². The third kappa shape index (κ3) is 2.61. The number of carbonyl (C=O) groups is 2. The quantitative estimate of drug-likeness (QED) is 0.869. The second-order valence-corrected chi connectivity index (χ2v) is 6.52. The van der Waals surface area contributed by atoms with Gasteiger partial charge in [0.15, 0.2) is 0 Å². The molecule has 0 unspecified atom stereocenters. The van der Waals surface area contributed by atoms with Crippen molar-refractivity contribution in [1.29, 1.82) is 0 Å². The molecule has 0 aromatic heterocycles. The van der Waals surface area contributed by atoms with Gasteiger partial charge in [-0.3, -0.25) is 9.69 Å². The lowest BCUT2D eigenvalue weighted by atomic mass is 9.87. The monoisotopic (exact) mass is 301 g/mol. The van der Waals surface area contributed by atoms with Crippen LogP contribution >= 0.6 is 0 Å². The van der Waals surface area contributed by atoms with E-state index in [0.29, 0.717) is 25.4 Å². The normalized spacial score (nSPS) is 21.7. The van der Waals surface area contributed by atoms with Gasteiger partial charge in [0.2, 0.25) is 0 Å². The zero-order valence-electron chi connectivity index (χ0n) is 13.2. The second-order valence-electron chi connectivity index (χ2n) is 6.52. The first-order valence-electron chi connectivity index (χ1n) is 7.94. The van der Waals surface area contributed by atoms with E-state index in [2.05, 4.69) is 24.1 Å². The van der Waals surface area contributed by atoms with Gasteiger partial charge in [-0.15, -0.1) is 0 Å². The third-order valence-corrected chi connectivity index (χ3v) is 4.81. The van der Waals surface area contributed by atoms with Gasteiger partial charge >= 0.3 is 6.03 Å². The van der Waals surface area contributed by atoms with Crippen LogP contribution in [-0.2, 0) is 11.3 Å². The minimum absolute atomic E-state index is 0.0650. The van der Waals surface area contributed by atoms with Gasteiger partial charge in [0.1, 0.15) is 5.54 Å². The lowest BCUT2D eigenvalue weighted by Gasteiger charge is -2.39. The van der Waals surface area contributed by atoms with Crippen LogP contribution < -0.4 is 5.32 Å². The highest BCUT2D eigenvalue weighted by atomic mass is 16.2. The molecule has 1 aromatic rings. The number of nitrogens with zero attached hydrogens (tertiary/aromatic N) is 2. The number of benzene rings is 1. The Morgan fingerprint density at radius 3 is 2.36 bits per heavy atom. The Balaban J connectivity index is 1.72. The fourth-order valence-electron chi connectivity index (χ4n) is 3.35. The van der Waals surface area contributed by atoms with E-state index < -0.39 is 5.54 Å². The Morgan fingerprint density at radius 2 is 1.77 bits per heavy atom. The Morgan fingerprint density at radius 1 is 1.14 bits per heavy atom. The molecular weight excluding hydrogens is 278 g/mol. The molecule has 0 saturated carbocycles. The van der Waals surface area contributed by atoms with Crippen molar-refractivity contribution in [2.45, 2.75) is 44.8 Å². The van der Waals surface area contributed by atoms with Gasteiger partial charge in [-0.1, -0.05) is 30.3 Å². The van der Waals surface area contributed by atoms with Gasteiger partial charge in [-0.05, 0) is 32.3 Å². The molecule has 2 aliphatic heterocycles. The maximum atomic E-state index is 12.8. The molecule has 1 N–H and O–H groups in total. The van der Waals surface area contributed by atoms with Crippen LogP contribution in [0.15, 0.2) is 30.3 Å². The summed E-state index contributed by atoms with van der Waals surface area (Å²) >= 11 is 0. The summed E-state index contributed by atoms with van der Waals surface area (Å²) in [5, 5.41) is 2.96. The largest absolute Gasteiger partial charge is 0.325 e. The van der Waals surface area contributed by atoms with Crippen molar-refractivity contribution < 1.29 is 9.59 Å². The minimum atomic E-state index is -0.683. The molecule has 3 amide bonds. The molecule has 5 heteroatoms. The third-order valence-electron chi connectivity index (χ3n) is 4.81. The molecule has 1 aromatic carbocycles. The number of rotatable bonds is 3. The smallest absolute Gasteiger partial charge is 0.323 e. The SMILES string of the molecule is CC(C)N1CCC2(CC1)NC(=O)N(Cc1ccccc1)C2=O. The number of likely N-dealkylation sites (tertiary alicyclic amines) is 1. The first-order chi connectivity index (χ1) is 10.5. The molecule has 2 fully saturated rings. The van der Waals surface area contributed by atoms with E-state index in [-0.39, 0.29) is 11.9 Å². The van der Waals surface area contributed by atoms with Crippen LogP contribution in [0, 0.1) is 0 Å². The molecule has 0 bridgehead atoms. The van der Waals surface area contributed by atoms with Crippen molar-refractivity contribution in [3.63, 3.8) is 0 Å². The fourth-order valence-corrected chi connectivity index (χ4v) is 3.35. The minimum Gasteiger partial charge on any atom is -0.323 e. The number of hydrogen-bond acceptors (Lipinski definition) is 3. The summed E-state index contributed by atoms with van der Waals surface area (Å²) in [4.78, 5) is 28.8. The topological polar surface area (TPSA) is 52.7 Å². The molecular formula is C17H23N3O2. The van der Waals surface area contributed by atoms with Crippen LogP contribution in [0.3, 0.4) is 0 Å². The number of nitrogens with one attached hydrogen (secondary N) is 1. The van der Waals surface area contributed by atoms with Crippen LogP contribution in [0.2, 0.25) is 0 Å². The van der Waals surface area contributed by atoms with Crippen LogP contribution in [0.4, 0.5) is 4.79 Å². The standard InChI is InChI=1S/C17H23N3O2/c1-13(2)19-10-8-17(9-11-19)15(21)20(16(22)18-17)12-14-6-4-3-5-7-14/h3-7,13H,8-12H2,1-2H3,(H,18,22). The predicted octanol–water partition coefficient (Wildman–Crippen LogP) is 1.98. The Labute approximate surface area is 131 Å². The summed E-state index contributed by atoms with van der Waals surface area (Å²) in [5.74, 6) is -0.0650. The van der Waals surface area contributed by atoms with Crippen molar-refractivity contribution in [3.05, 3.63) is 35.9 Å². The zero-order valence-corrected chi connectivity index (χ0v) is 13.2. The molecule has 2 aliphatic rings. The van der Waals surface area contributed by atoms with E-state index in [9.17, 15) is 9.59 Å². The molecule has 0 aliphatic carbocycles. The van der Waals surface area contributed by atoms with Crippen LogP contribution in [-0.4, -0.2) is 46.4 Å². The summed E-state index contributed by atoms with van der Waals surface area (Å²) in [6, 6.07) is 9.87. The predicted molar refractivity (Wildman–Crippen MR) is 84.2 cm³/mol. The molecule has 1 spiro atoms. The zero-order chi connectivity index (χ0) is 15.7. The Kier molecular flexibility index (Phi) is 3.91. The van der Waals surface area contributed by atoms with E-state index in [0.717, 1.165) is 18.7 Å². The number of carbonyl (C=O) groups excluding carboxylic acids is 2. The number of piperidine rings is 1. The summed E-state index contributed by atoms with van der Waals surface area (Å²) in [6.45, 7) is 6.37. The molecule has 2 heterocycles. The maximum Gasteiger partial charge on any atom is 0.325 e. The number of amides is 3. The fraction of sp³-hybridized carbons (Fsp3) is 0.529. The molecule has 3 rings (SSSR count). The Hall–Kier alpha value is -1.88. The molecule has 22 heavy (non-hydrogen) atoms. The van der Waals surface area contributed by atoms with Gasteiger partial charge in [0, 0.05) is 19.1 Å². The van der Waals surface area contributed by atoms with Crippen molar-refractivity contribution in [2.75, 3.05) is 13.1 Å². The molecule has 0 radical (unpaired) electrons. The highest BCUT2D eigenvalue weighted by Gasteiger charge is 2.52. The van der Waals surface area contributed by atoms with E-state index in [1.807, 2.05) is 30.3 Å². The van der Waals surface area contributed by atoms with Gasteiger partial charge in [0.25, 0.3) is 5.91 Å². The number of urea groups is 1. The van der Waals surface area contributed by atoms with Crippen molar-refractivity contribution in [1.82, 2.24) is 15.1 Å². The molecule has 2 saturated heterocycles. The van der Waals surface area contributed by atoms with Gasteiger partial charge in [-0.2, -0.15) is 0 Å². The van der Waals surface area contributed by atoms with Crippen LogP contribution in [0.5, 0.6) is 0 Å². The summed E-state index contributed by atoms with van der Waals surface area (Å²) in [5.41, 5.74) is 0.291. The lowest BCUT2D eigenvalue weighted by Crippen LogP contribution is -2.55. The van der Waals surface area contributed by atoms with Gasteiger partial charge in [-0.25, -0.2) is 4.79 Å². The summed E-state index contributed by atoms with van der Waals surface area (Å²) < 4.78 is 0. The molecule has 5 nitrogen and oxygen atoms in total. The van der Waals surface area contributed by atoms with Crippen molar-refractivity contribution >= 4 is 11.9 Å². The first kappa shape index (κ1) is 15.0. The number of imide groups is 1. The van der Waals surface area contributed by atoms with E-state index in [4.69, 9.17) is 0 Å². The van der Waals surface area contributed by atoms with Crippen molar-refractivity contribution in [3.8, 4) is 0 Å². The second kappa shape index (κ2) is 5.72. The number of hydrogen-bond donors (Lipinski definition) is 1.